The fourth-order valence-corrected chi connectivity index (χ4v) is 9.22. The van der Waals surface area contributed by atoms with E-state index in [0.29, 0.717) is 27.8 Å². The number of hydrogen-bond donors (Lipinski definition) is 2. The predicted octanol–water partition coefficient (Wildman–Crippen LogP) is 13.2. The number of esters is 1. The van der Waals surface area contributed by atoms with Crippen molar-refractivity contribution < 1.29 is 59.6 Å². The van der Waals surface area contributed by atoms with Gasteiger partial charge in [-0.3, -0.25) is 33.1 Å². The van der Waals surface area contributed by atoms with Crippen molar-refractivity contribution >= 4 is 42.9 Å². The van der Waals surface area contributed by atoms with Gasteiger partial charge in [0.2, 0.25) is 18.0 Å². The molecule has 1 aliphatic heterocycles. The number of ether oxygens (including phenoxy) is 1. The lowest BCUT2D eigenvalue weighted by atomic mass is 9.78. The van der Waals surface area contributed by atoms with Crippen LogP contribution < -0.4 is 20.5 Å². The van der Waals surface area contributed by atoms with E-state index in [1.807, 2.05) is 52.8 Å². The normalized spacial score (nSPS) is 14.6. The van der Waals surface area contributed by atoms with Gasteiger partial charge in [0, 0.05) is 40.9 Å². The number of phosphoric ester groups is 1. The summed E-state index contributed by atoms with van der Waals surface area (Å²) in [6, 6.07) is 33.7. The molecule has 13 nitrogen and oxygen atoms in total. The maximum atomic E-state index is 16.1. The minimum atomic E-state index is -4.68. The standard InChI is InChI=1S/C50H51F4N4O9P.C4H8.2C2H6/c1-32-25-33(2)43(40(26-32)67-68(63,65-29-34-15-8-5-9-16-34)66-30-35-17-10-6-11-18-35)49(3,4)28-42(60)64-31-58-45-38(21-14-22-39(45)51)44(36-19-12-7-13-20-36)56-46(48(58)62)57-47(61)37(27-41(55)59)23-24-50(52,53)54;1-4-2-3-4;2*1-2/h5-22,25-26,37,46H,23-24,27-31H2,1-4H3,(H2,55,59)(H,57,61);4H,2-3H2,1H3;2*1-2H3. The van der Waals surface area contributed by atoms with Crippen LogP contribution in [0, 0.1) is 31.5 Å². The summed E-state index contributed by atoms with van der Waals surface area (Å²) in [6.07, 6.45) is -7.00. The first kappa shape index (κ1) is 61.9. The summed E-state index contributed by atoms with van der Waals surface area (Å²) in [5.41, 5.74) is 7.51. The van der Waals surface area contributed by atoms with Crippen LogP contribution >= 0.6 is 7.82 Å². The lowest BCUT2D eigenvalue weighted by molar-refractivity contribution is -0.146. The van der Waals surface area contributed by atoms with Crippen LogP contribution in [0.5, 0.6) is 5.75 Å². The van der Waals surface area contributed by atoms with E-state index >= 15 is 4.39 Å². The molecule has 2 aliphatic rings. The van der Waals surface area contributed by atoms with Crippen LogP contribution in [0.4, 0.5) is 23.2 Å². The fraction of sp³-hybridized carbons (Fsp3) is 0.397. The number of nitrogens with zero attached hydrogens (tertiary/aromatic N) is 2. The van der Waals surface area contributed by atoms with E-state index in [-0.39, 0.29) is 42.3 Å². The Hall–Kier alpha value is -6.68. The molecule has 3 amide bonds. The number of anilines is 1. The molecule has 1 fully saturated rings. The Balaban J connectivity index is 0.00000145. The molecule has 0 aromatic heterocycles. The number of phosphoric acid groups is 1. The predicted molar refractivity (Wildman–Crippen MR) is 287 cm³/mol. The summed E-state index contributed by atoms with van der Waals surface area (Å²) >= 11 is 0. The molecule has 1 saturated carbocycles. The summed E-state index contributed by atoms with van der Waals surface area (Å²) < 4.78 is 94.3. The van der Waals surface area contributed by atoms with E-state index in [2.05, 4.69) is 17.2 Å². The van der Waals surface area contributed by atoms with Crippen molar-refractivity contribution in [2.75, 3.05) is 11.6 Å². The molecule has 1 aliphatic carbocycles. The number of rotatable bonds is 20. The highest BCUT2D eigenvalue weighted by Gasteiger charge is 2.40. The van der Waals surface area contributed by atoms with Crippen LogP contribution in [0.3, 0.4) is 0 Å². The van der Waals surface area contributed by atoms with Crippen molar-refractivity contribution in [3.05, 3.63) is 166 Å². The van der Waals surface area contributed by atoms with Gasteiger partial charge in [-0.15, -0.1) is 0 Å². The SMILES string of the molecule is CC.CC.CC1CC1.Cc1cc(C)c(C(C)(C)CC(=O)OCN2C(=O)C(NC(=O)C(CCC(F)(F)F)CC(N)=O)N=C(c3ccccc3)c3cccc(F)c32)c(OP(=O)(OCc2ccccc2)OCc2ccccc2)c1. The van der Waals surface area contributed by atoms with Crippen molar-refractivity contribution in [2.45, 2.75) is 132 Å². The summed E-state index contributed by atoms with van der Waals surface area (Å²) in [5, 5.41) is 2.34. The van der Waals surface area contributed by atoms with Crippen LogP contribution in [0.15, 0.2) is 126 Å². The Morgan fingerprint density at radius 1 is 0.829 bits per heavy atom. The number of benzene rings is 5. The molecule has 2 unspecified atom stereocenters. The van der Waals surface area contributed by atoms with Crippen molar-refractivity contribution in [3.63, 3.8) is 0 Å². The number of fused-ring (bicyclic) bond motifs is 1. The average Bonchev–Trinajstić information content (AvgIpc) is 4.20. The van der Waals surface area contributed by atoms with E-state index < -0.39 is 87.0 Å². The van der Waals surface area contributed by atoms with Gasteiger partial charge >= 0.3 is 20.0 Å². The second-order valence-corrected chi connectivity index (χ2v) is 20.2. The highest BCUT2D eigenvalue weighted by atomic mass is 31.2. The number of hydrogen-bond acceptors (Lipinski definition) is 10. The Morgan fingerprint density at radius 2 is 1.37 bits per heavy atom. The molecule has 18 heteroatoms. The smallest absolute Gasteiger partial charge is 0.444 e. The van der Waals surface area contributed by atoms with Gasteiger partial charge < -0.3 is 20.3 Å². The molecule has 5 aromatic carbocycles. The van der Waals surface area contributed by atoms with E-state index in [4.69, 9.17) is 24.0 Å². The van der Waals surface area contributed by atoms with Crippen molar-refractivity contribution in [1.29, 1.82) is 0 Å². The molecular formula is C58H71F4N4O9P. The zero-order chi connectivity index (χ0) is 56.2. The molecule has 1 heterocycles. The first-order valence-electron chi connectivity index (χ1n) is 25.4. The molecule has 3 N–H and O–H groups in total. The summed E-state index contributed by atoms with van der Waals surface area (Å²) in [7, 11) is -4.40. The van der Waals surface area contributed by atoms with Gasteiger partial charge in [0.1, 0.15) is 11.6 Å². The maximum Gasteiger partial charge on any atom is 0.530 e. The van der Waals surface area contributed by atoms with Crippen molar-refractivity contribution in [1.82, 2.24) is 5.32 Å². The highest BCUT2D eigenvalue weighted by Crippen LogP contribution is 2.53. The van der Waals surface area contributed by atoms with Crippen LogP contribution in [0.1, 0.15) is 126 Å². The van der Waals surface area contributed by atoms with Crippen LogP contribution in [0.2, 0.25) is 0 Å². The van der Waals surface area contributed by atoms with Crippen LogP contribution in [-0.4, -0.2) is 48.5 Å². The molecule has 0 radical (unpaired) electrons. The minimum Gasteiger partial charge on any atom is -0.444 e. The lowest BCUT2D eigenvalue weighted by Crippen LogP contribution is -2.50. The third-order valence-electron chi connectivity index (χ3n) is 11.8. The molecule has 5 aromatic rings. The fourth-order valence-electron chi connectivity index (χ4n) is 8.04. The molecule has 2 atom stereocenters. The average molecular weight is 1080 g/mol. The zero-order valence-electron chi connectivity index (χ0n) is 44.7. The minimum absolute atomic E-state index is 0.0237. The number of benzodiazepines with no additional fused rings is 1. The lowest BCUT2D eigenvalue weighted by Gasteiger charge is -2.31. The van der Waals surface area contributed by atoms with Crippen LogP contribution in [0.25, 0.3) is 0 Å². The second kappa shape index (κ2) is 29.0. The number of nitrogens with one attached hydrogen (secondary N) is 1. The summed E-state index contributed by atoms with van der Waals surface area (Å²) in [6.45, 7) is 16.2. The van der Waals surface area contributed by atoms with Gasteiger partial charge in [0.05, 0.1) is 31.0 Å². The molecule has 76 heavy (non-hydrogen) atoms. The molecule has 0 bridgehead atoms. The number of halogens is 4. The van der Waals surface area contributed by atoms with E-state index in [0.717, 1.165) is 22.4 Å². The topological polar surface area (TPSA) is 176 Å². The first-order chi connectivity index (χ1) is 36.1. The van der Waals surface area contributed by atoms with Gasteiger partial charge in [-0.05, 0) is 60.6 Å². The zero-order valence-corrected chi connectivity index (χ0v) is 45.6. The monoisotopic (exact) mass is 1070 g/mol. The molecule has 0 spiro atoms. The third kappa shape index (κ3) is 18.9. The number of aliphatic imine (C=N–C) groups is 1. The molecule has 0 saturated heterocycles. The largest absolute Gasteiger partial charge is 0.530 e. The Bertz CT molecular complexity index is 2730. The Morgan fingerprint density at radius 3 is 1.88 bits per heavy atom. The third-order valence-corrected chi connectivity index (χ3v) is 13.1. The number of nitrogens with two attached hydrogens (primary N) is 1. The van der Waals surface area contributed by atoms with Gasteiger partial charge in [0.25, 0.3) is 5.91 Å². The van der Waals surface area contributed by atoms with E-state index in [1.54, 1.807) is 106 Å². The number of carbonyl (C=O) groups excluding carboxylic acids is 4. The van der Waals surface area contributed by atoms with E-state index in [1.165, 1.54) is 25.0 Å². The van der Waals surface area contributed by atoms with Crippen molar-refractivity contribution in [3.8, 4) is 5.75 Å². The Labute approximate surface area is 444 Å². The van der Waals surface area contributed by atoms with Gasteiger partial charge in [-0.1, -0.05) is 171 Å². The number of alkyl halides is 3. The molecule has 410 valence electrons. The quantitative estimate of drug-likeness (QED) is 0.0436. The number of para-hydroxylation sites is 1. The first-order valence-corrected chi connectivity index (χ1v) is 26.9. The van der Waals surface area contributed by atoms with Crippen LogP contribution in [-0.2, 0) is 56.2 Å². The van der Waals surface area contributed by atoms with Gasteiger partial charge in [-0.2, -0.15) is 13.2 Å². The Kier molecular flexibility index (Phi) is 23.6. The number of carbonyl (C=O) groups is 4. The number of amides is 3. The van der Waals surface area contributed by atoms with Gasteiger partial charge in [0.15, 0.2) is 6.73 Å². The van der Waals surface area contributed by atoms with Gasteiger partial charge in [-0.25, -0.2) is 13.9 Å². The molecular weight excluding hydrogens is 1000 g/mol. The second-order valence-electron chi connectivity index (χ2n) is 18.6. The highest BCUT2D eigenvalue weighted by molar-refractivity contribution is 7.48. The summed E-state index contributed by atoms with van der Waals surface area (Å²) in [5.74, 6) is -5.52. The van der Waals surface area contributed by atoms with E-state index in [9.17, 15) is 36.9 Å². The number of primary amides is 1. The summed E-state index contributed by atoms with van der Waals surface area (Å²) in [4.78, 5) is 59.3. The van der Waals surface area contributed by atoms with Crippen molar-refractivity contribution in [2.24, 2.45) is 22.6 Å². The molecule has 7 rings (SSSR count). The maximum absolute atomic E-state index is 16.1. The number of aryl methyl sites for hydroxylation is 2.